The van der Waals surface area contributed by atoms with Gasteiger partial charge in [-0.1, -0.05) is 199 Å². The maximum atomic E-state index is 5.66. The number of benzene rings is 13. The van der Waals surface area contributed by atoms with E-state index in [0.717, 1.165) is 55.8 Å². The molecule has 398 valence electrons. The van der Waals surface area contributed by atoms with Crippen molar-refractivity contribution in [3.63, 3.8) is 0 Å². The fourth-order valence-electron chi connectivity index (χ4n) is 15.9. The molecule has 0 unspecified atom stereocenters. The van der Waals surface area contributed by atoms with Crippen LogP contribution in [0.15, 0.2) is 218 Å². The van der Waals surface area contributed by atoms with Crippen LogP contribution in [0.1, 0.15) is 33.4 Å². The molecule has 0 spiro atoms. The second-order valence-electron chi connectivity index (χ2n) is 24.2. The highest BCUT2D eigenvalue weighted by atomic mass is 15.1. The lowest BCUT2D eigenvalue weighted by atomic mass is 9.34. The fourth-order valence-corrected chi connectivity index (χ4v) is 15.9. The van der Waals surface area contributed by atoms with Gasteiger partial charge in [0.2, 0.25) is 0 Å². The van der Waals surface area contributed by atoms with Crippen molar-refractivity contribution in [2.75, 3.05) is 0 Å². The van der Waals surface area contributed by atoms with Crippen LogP contribution < -0.4 is 16.4 Å². The molecular weight excluding hydrogens is 1030 g/mol. The van der Waals surface area contributed by atoms with E-state index in [4.69, 9.17) is 15.0 Å². The average molecular weight is 1080 g/mol. The molecule has 0 bridgehead atoms. The lowest BCUT2D eigenvalue weighted by molar-refractivity contribution is 1.05. The zero-order valence-electron chi connectivity index (χ0n) is 48.1. The first-order valence-corrected chi connectivity index (χ1v) is 29.7. The largest absolute Gasteiger partial charge is 0.310 e. The van der Waals surface area contributed by atoms with E-state index in [1.165, 1.54) is 131 Å². The van der Waals surface area contributed by atoms with E-state index in [1.807, 2.05) is 0 Å². The first-order valence-electron chi connectivity index (χ1n) is 29.7. The van der Waals surface area contributed by atoms with Gasteiger partial charge in [0.05, 0.1) is 11.0 Å². The molecule has 0 saturated carbocycles. The number of rotatable bonds is 5. The maximum absolute atomic E-state index is 5.66. The lowest BCUT2D eigenvalue weighted by Gasteiger charge is -2.34. The van der Waals surface area contributed by atoms with Crippen LogP contribution in [-0.4, -0.2) is 30.8 Å². The van der Waals surface area contributed by atoms with Crippen LogP contribution >= 0.6 is 0 Å². The number of aromatic nitrogens is 5. The minimum Gasteiger partial charge on any atom is -0.310 e. The summed E-state index contributed by atoms with van der Waals surface area (Å²) in [4.78, 5) is 16.8. The minimum absolute atomic E-state index is 0.141. The van der Waals surface area contributed by atoms with E-state index < -0.39 is 0 Å². The monoisotopic (exact) mass is 1080 g/mol. The highest BCUT2D eigenvalue weighted by Gasteiger charge is 2.42. The van der Waals surface area contributed by atoms with E-state index in [1.54, 1.807) is 0 Å². The van der Waals surface area contributed by atoms with Crippen LogP contribution in [0, 0.1) is 41.5 Å². The molecule has 16 aromatic rings. The van der Waals surface area contributed by atoms with Crippen LogP contribution in [0.5, 0.6) is 0 Å². The van der Waals surface area contributed by atoms with Gasteiger partial charge in [-0.15, -0.1) is 0 Å². The standard InChI is InChI=1S/C79H54BN5/c1-43-35-45(3)69(46(4)36-43)78-81-77(82-79(83-78)70-47(5)37-44(2)38-48(70)6)52-41-67-74-68(42-52)85-66-34-32-60-58-27-15-14-25-56(58)57-26-16-17-28-59(57)72(60)73(66)62-39-51(54-23-13-12-22-53(54)49-19-8-7-9-20-49)40-64(76(62)85)80(74)63-30-18-29-61-71-55-24-11-10-21-50(55)31-33-65(71)84(67)75(61)63/h7-42H,1-6H3. The summed E-state index contributed by atoms with van der Waals surface area (Å²) in [6.07, 6.45) is 0. The van der Waals surface area contributed by atoms with E-state index in [2.05, 4.69) is 269 Å². The quantitative estimate of drug-likeness (QED) is 0.127. The molecule has 5 nitrogen and oxygen atoms in total. The molecule has 0 N–H and O–H groups in total. The van der Waals surface area contributed by atoms with Crippen molar-refractivity contribution in [2.45, 2.75) is 41.5 Å². The molecule has 2 aliphatic rings. The van der Waals surface area contributed by atoms with Gasteiger partial charge in [-0.2, -0.15) is 0 Å². The SMILES string of the molecule is Cc1cc(C)c(-c2nc(-c3cc4c5c(c3)-n3c6ccc7c8ccccc8c8ccccc8c7c6c6cc(-c7ccccc7-c7ccccc7)cc(c63)B5c3cccc5c6c7ccccc7ccc6n-4c35)nc(-c3c(C)cc(C)cc3C)n2)c(C)c1. The molecule has 13 aromatic carbocycles. The Bertz CT molecular complexity index is 5530. The molecule has 85 heavy (non-hydrogen) atoms. The van der Waals surface area contributed by atoms with Crippen LogP contribution in [-0.2, 0) is 0 Å². The van der Waals surface area contributed by atoms with Gasteiger partial charge in [-0.05, 0) is 170 Å². The second-order valence-corrected chi connectivity index (χ2v) is 24.2. The van der Waals surface area contributed by atoms with Crippen LogP contribution in [0.4, 0.5) is 0 Å². The summed E-state index contributed by atoms with van der Waals surface area (Å²) < 4.78 is 5.22. The normalized spacial score (nSPS) is 12.6. The van der Waals surface area contributed by atoms with Gasteiger partial charge in [0.25, 0.3) is 6.71 Å². The van der Waals surface area contributed by atoms with Crippen LogP contribution in [0.2, 0.25) is 0 Å². The van der Waals surface area contributed by atoms with Crippen molar-refractivity contribution >= 4 is 110 Å². The summed E-state index contributed by atoms with van der Waals surface area (Å²) in [7, 11) is 0. The minimum atomic E-state index is -0.141. The van der Waals surface area contributed by atoms with Crippen molar-refractivity contribution in [2.24, 2.45) is 0 Å². The van der Waals surface area contributed by atoms with Gasteiger partial charge in [-0.25, -0.2) is 15.0 Å². The van der Waals surface area contributed by atoms with E-state index >= 15 is 0 Å². The molecule has 2 aliphatic heterocycles. The lowest BCUT2D eigenvalue weighted by Crippen LogP contribution is -2.59. The Morgan fingerprint density at radius 3 is 1.46 bits per heavy atom. The smallest absolute Gasteiger partial charge is 0.252 e. The molecule has 3 aromatic heterocycles. The molecule has 0 atom stereocenters. The van der Waals surface area contributed by atoms with Crippen molar-refractivity contribution < 1.29 is 0 Å². The zero-order chi connectivity index (χ0) is 56.7. The van der Waals surface area contributed by atoms with Crippen molar-refractivity contribution in [3.8, 4) is 67.8 Å². The second kappa shape index (κ2) is 17.6. The summed E-state index contributed by atoms with van der Waals surface area (Å²) >= 11 is 0. The Balaban J connectivity index is 1.04. The Hall–Kier alpha value is -10.4. The number of hydrogen-bond donors (Lipinski definition) is 0. The predicted molar refractivity (Wildman–Crippen MR) is 359 cm³/mol. The number of aryl methyl sites for hydroxylation is 6. The summed E-state index contributed by atoms with van der Waals surface area (Å²) in [5.74, 6) is 2.00. The van der Waals surface area contributed by atoms with Gasteiger partial charge < -0.3 is 9.13 Å². The Morgan fingerprint density at radius 2 is 0.812 bits per heavy atom. The molecule has 5 heterocycles. The van der Waals surface area contributed by atoms with Gasteiger partial charge in [0, 0.05) is 66.0 Å². The highest BCUT2D eigenvalue weighted by molar-refractivity contribution is 7.00. The van der Waals surface area contributed by atoms with E-state index in [0.29, 0.717) is 17.5 Å². The summed E-state index contributed by atoms with van der Waals surface area (Å²) in [6.45, 7) is 12.9. The molecule has 6 heteroatoms. The van der Waals surface area contributed by atoms with Crippen molar-refractivity contribution in [3.05, 3.63) is 252 Å². The fraction of sp³-hybridized carbons (Fsp3) is 0.0759. The first kappa shape index (κ1) is 48.1. The van der Waals surface area contributed by atoms with Crippen LogP contribution in [0.3, 0.4) is 0 Å². The first-order chi connectivity index (χ1) is 41.6. The van der Waals surface area contributed by atoms with E-state index in [-0.39, 0.29) is 6.71 Å². The number of para-hydroxylation sites is 1. The molecule has 0 amide bonds. The summed E-state index contributed by atoms with van der Waals surface area (Å²) in [6, 6.07) is 82.3. The van der Waals surface area contributed by atoms with Gasteiger partial charge in [0.1, 0.15) is 0 Å². The van der Waals surface area contributed by atoms with E-state index in [9.17, 15) is 0 Å². The number of hydrogen-bond acceptors (Lipinski definition) is 3. The van der Waals surface area contributed by atoms with Crippen molar-refractivity contribution in [1.29, 1.82) is 0 Å². The molecule has 0 radical (unpaired) electrons. The third kappa shape index (κ3) is 6.68. The van der Waals surface area contributed by atoms with Gasteiger partial charge >= 0.3 is 0 Å². The predicted octanol–water partition coefficient (Wildman–Crippen LogP) is 18.0. The Labute approximate surface area is 492 Å². The number of fused-ring (bicyclic) bond motifs is 19. The third-order valence-electron chi connectivity index (χ3n) is 19.0. The zero-order valence-corrected chi connectivity index (χ0v) is 48.1. The molecule has 0 saturated heterocycles. The average Bonchev–Trinajstić information content (AvgIpc) is 1.62. The topological polar surface area (TPSA) is 48.5 Å². The van der Waals surface area contributed by atoms with Gasteiger partial charge in [0.15, 0.2) is 17.5 Å². The maximum Gasteiger partial charge on any atom is 0.252 e. The third-order valence-corrected chi connectivity index (χ3v) is 19.0. The Kier molecular flexibility index (Phi) is 9.94. The Morgan fingerprint density at radius 1 is 0.318 bits per heavy atom. The highest BCUT2D eigenvalue weighted by Crippen LogP contribution is 2.48. The van der Waals surface area contributed by atoms with Crippen molar-refractivity contribution in [1.82, 2.24) is 24.1 Å². The molecule has 18 rings (SSSR count). The van der Waals surface area contributed by atoms with Crippen LogP contribution in [0.25, 0.3) is 154 Å². The summed E-state index contributed by atoms with van der Waals surface area (Å²) in [5.41, 5.74) is 25.7. The number of nitrogens with zero attached hydrogens (tertiary/aromatic N) is 5. The molecule has 0 aliphatic carbocycles. The molecule has 0 fully saturated rings. The summed E-state index contributed by atoms with van der Waals surface area (Å²) in [5, 5.41) is 15.0. The van der Waals surface area contributed by atoms with Gasteiger partial charge in [-0.3, -0.25) is 0 Å². The molecular formula is C79H54BN5.